The van der Waals surface area contributed by atoms with Crippen LogP contribution in [0.4, 0.5) is 0 Å². The Labute approximate surface area is 154 Å². The van der Waals surface area contributed by atoms with Crippen molar-refractivity contribution in [2.75, 3.05) is 0 Å². The minimum atomic E-state index is -0.556. The molecule has 4 rings (SSSR count). The molecule has 132 valence electrons. The molecule has 0 atom stereocenters. The molecule has 1 aromatic carbocycles. The molecule has 0 aliphatic heterocycles. The molecule has 0 aliphatic rings. The van der Waals surface area contributed by atoms with Crippen LogP contribution in [0.5, 0.6) is 0 Å². The van der Waals surface area contributed by atoms with Gasteiger partial charge in [-0.3, -0.25) is 9.48 Å². The number of fused-ring (bicyclic) bond motifs is 1. The van der Waals surface area contributed by atoms with Gasteiger partial charge in [-0.05, 0) is 31.2 Å². The van der Waals surface area contributed by atoms with Gasteiger partial charge in [0.2, 0.25) is 0 Å². The third kappa shape index (κ3) is 2.76. The number of primary amides is 1. The van der Waals surface area contributed by atoms with Gasteiger partial charge >= 0.3 is 0 Å². The fraction of sp³-hybridized carbons (Fsp3) is 0.167. The first kappa shape index (κ1) is 16.4. The Morgan fingerprint density at radius 2 is 2.12 bits per heavy atom. The van der Waals surface area contributed by atoms with Crippen molar-refractivity contribution in [2.45, 2.75) is 13.5 Å². The minimum Gasteiger partial charge on any atom is -0.454 e. The largest absolute Gasteiger partial charge is 0.454 e. The van der Waals surface area contributed by atoms with Crippen molar-refractivity contribution >= 4 is 28.5 Å². The number of halogens is 1. The van der Waals surface area contributed by atoms with E-state index in [-0.39, 0.29) is 5.69 Å². The quantitative estimate of drug-likeness (QED) is 0.598. The van der Waals surface area contributed by atoms with E-state index in [4.69, 9.17) is 21.8 Å². The van der Waals surface area contributed by atoms with Crippen LogP contribution in [0, 0.1) is 6.92 Å². The van der Waals surface area contributed by atoms with Crippen LogP contribution < -0.4 is 5.73 Å². The van der Waals surface area contributed by atoms with Gasteiger partial charge in [0.25, 0.3) is 5.91 Å². The summed E-state index contributed by atoms with van der Waals surface area (Å²) in [6.45, 7) is 2.28. The van der Waals surface area contributed by atoms with Gasteiger partial charge in [0.15, 0.2) is 5.76 Å². The van der Waals surface area contributed by atoms with Crippen molar-refractivity contribution < 1.29 is 9.21 Å². The highest BCUT2D eigenvalue weighted by Crippen LogP contribution is 2.32. The summed E-state index contributed by atoms with van der Waals surface area (Å²) in [6, 6.07) is 7.29. The van der Waals surface area contributed by atoms with E-state index in [1.54, 1.807) is 23.3 Å². The Balaban J connectivity index is 1.81. The number of amides is 1. The lowest BCUT2D eigenvalue weighted by atomic mass is 10.1. The second kappa shape index (κ2) is 6.03. The van der Waals surface area contributed by atoms with Crippen LogP contribution in [0.25, 0.3) is 22.4 Å². The maximum Gasteiger partial charge on any atom is 0.269 e. The van der Waals surface area contributed by atoms with Gasteiger partial charge in [-0.15, -0.1) is 0 Å². The number of aromatic nitrogens is 4. The molecule has 0 spiro atoms. The average molecular weight is 370 g/mol. The van der Waals surface area contributed by atoms with Crippen LogP contribution in [0.15, 0.2) is 41.2 Å². The van der Waals surface area contributed by atoms with Crippen molar-refractivity contribution in [1.82, 2.24) is 19.3 Å². The fourth-order valence-electron chi connectivity index (χ4n) is 2.98. The van der Waals surface area contributed by atoms with E-state index in [0.717, 1.165) is 27.9 Å². The second-order valence-corrected chi connectivity index (χ2v) is 6.61. The molecule has 0 fully saturated rings. The minimum absolute atomic E-state index is 0.232. The molecule has 0 aliphatic carbocycles. The van der Waals surface area contributed by atoms with E-state index in [2.05, 4.69) is 10.1 Å². The zero-order valence-electron chi connectivity index (χ0n) is 14.2. The van der Waals surface area contributed by atoms with Gasteiger partial charge in [0.1, 0.15) is 17.0 Å². The van der Waals surface area contributed by atoms with Crippen LogP contribution in [0.2, 0.25) is 5.02 Å². The van der Waals surface area contributed by atoms with Crippen molar-refractivity contribution in [3.05, 3.63) is 58.8 Å². The lowest BCUT2D eigenvalue weighted by molar-refractivity contribution is 0.0995. The smallest absolute Gasteiger partial charge is 0.269 e. The zero-order valence-corrected chi connectivity index (χ0v) is 15.0. The average Bonchev–Trinajstić information content (AvgIpc) is 3.26. The van der Waals surface area contributed by atoms with Gasteiger partial charge in [0, 0.05) is 28.7 Å². The Morgan fingerprint density at radius 1 is 1.31 bits per heavy atom. The van der Waals surface area contributed by atoms with Gasteiger partial charge in [0.05, 0.1) is 19.1 Å². The topological polar surface area (TPSA) is 91.9 Å². The van der Waals surface area contributed by atoms with Crippen LogP contribution in [0.1, 0.15) is 21.7 Å². The molecule has 3 aromatic heterocycles. The lowest BCUT2D eigenvalue weighted by Crippen LogP contribution is -2.13. The number of rotatable bonds is 4. The van der Waals surface area contributed by atoms with E-state index < -0.39 is 5.91 Å². The Kier molecular flexibility index (Phi) is 3.81. The summed E-state index contributed by atoms with van der Waals surface area (Å²) in [7, 11) is 1.90. The molecule has 26 heavy (non-hydrogen) atoms. The normalized spacial score (nSPS) is 11.3. The third-order valence-corrected chi connectivity index (χ3v) is 4.50. The summed E-state index contributed by atoms with van der Waals surface area (Å²) >= 11 is 6.29. The van der Waals surface area contributed by atoms with E-state index in [1.807, 2.05) is 36.7 Å². The van der Waals surface area contributed by atoms with E-state index >= 15 is 0 Å². The van der Waals surface area contributed by atoms with Gasteiger partial charge in [-0.25, -0.2) is 4.98 Å². The summed E-state index contributed by atoms with van der Waals surface area (Å²) in [4.78, 5) is 15.5. The van der Waals surface area contributed by atoms with Crippen LogP contribution in [0.3, 0.4) is 0 Å². The molecule has 0 unspecified atom stereocenters. The lowest BCUT2D eigenvalue weighted by Gasteiger charge is -2.06. The number of carbonyl (C=O) groups excluding carboxylic acids is 1. The molecule has 4 aromatic rings. The van der Waals surface area contributed by atoms with Gasteiger partial charge in [-0.1, -0.05) is 11.6 Å². The standard InChI is InChI=1S/C18H16ClN5O2/c1-10-3-14(18(20)25)22-24(10)8-12-5-13(19)4-11-6-16(26-17(11)12)15-7-21-9-23(15)2/h3-7,9H,8H2,1-2H3,(H2,20,25). The number of aryl methyl sites for hydroxylation is 2. The predicted molar refractivity (Wildman–Crippen MR) is 98.0 cm³/mol. The fourth-order valence-corrected chi connectivity index (χ4v) is 3.23. The number of benzene rings is 1. The van der Waals surface area contributed by atoms with E-state index in [9.17, 15) is 4.79 Å². The molecule has 0 saturated carbocycles. The molecule has 8 heteroatoms. The number of hydrogen-bond donors (Lipinski definition) is 1. The molecule has 2 N–H and O–H groups in total. The van der Waals surface area contributed by atoms with Gasteiger partial charge in [-0.2, -0.15) is 5.10 Å². The van der Waals surface area contributed by atoms with Crippen LogP contribution in [-0.2, 0) is 13.6 Å². The first-order valence-corrected chi connectivity index (χ1v) is 8.33. The number of carbonyl (C=O) groups is 1. The Morgan fingerprint density at radius 3 is 2.77 bits per heavy atom. The van der Waals surface area contributed by atoms with Crippen LogP contribution in [-0.4, -0.2) is 25.2 Å². The third-order valence-electron chi connectivity index (χ3n) is 4.28. The molecular formula is C18H16ClN5O2. The Bertz CT molecular complexity index is 1140. The highest BCUT2D eigenvalue weighted by atomic mass is 35.5. The molecular weight excluding hydrogens is 354 g/mol. The highest BCUT2D eigenvalue weighted by molar-refractivity contribution is 6.31. The summed E-state index contributed by atoms with van der Waals surface area (Å²) in [6.07, 6.45) is 3.46. The number of furan rings is 1. The van der Waals surface area contributed by atoms with Crippen molar-refractivity contribution in [2.24, 2.45) is 12.8 Å². The summed E-state index contributed by atoms with van der Waals surface area (Å²) in [5.41, 5.74) is 8.83. The SMILES string of the molecule is Cc1cc(C(N)=O)nn1Cc1cc(Cl)cc2cc(-c3cncn3C)oc12. The molecule has 0 radical (unpaired) electrons. The molecule has 3 heterocycles. The van der Waals surface area contributed by atoms with Crippen molar-refractivity contribution in [3.63, 3.8) is 0 Å². The Hall–Kier alpha value is -3.06. The zero-order chi connectivity index (χ0) is 18.4. The summed E-state index contributed by atoms with van der Waals surface area (Å²) in [5.74, 6) is 0.151. The second-order valence-electron chi connectivity index (χ2n) is 6.18. The number of imidazole rings is 1. The molecule has 1 amide bonds. The first-order chi connectivity index (χ1) is 12.4. The number of hydrogen-bond acceptors (Lipinski definition) is 4. The van der Waals surface area contributed by atoms with E-state index in [0.29, 0.717) is 17.3 Å². The molecule has 7 nitrogen and oxygen atoms in total. The maximum atomic E-state index is 11.4. The monoisotopic (exact) mass is 369 g/mol. The van der Waals surface area contributed by atoms with Crippen molar-refractivity contribution in [3.8, 4) is 11.5 Å². The highest BCUT2D eigenvalue weighted by Gasteiger charge is 2.16. The summed E-state index contributed by atoms with van der Waals surface area (Å²) in [5, 5.41) is 5.75. The van der Waals surface area contributed by atoms with E-state index in [1.165, 1.54) is 0 Å². The van der Waals surface area contributed by atoms with Gasteiger partial charge < -0.3 is 14.7 Å². The van der Waals surface area contributed by atoms with Crippen molar-refractivity contribution in [1.29, 1.82) is 0 Å². The summed E-state index contributed by atoms with van der Waals surface area (Å²) < 4.78 is 9.68. The number of nitrogens with two attached hydrogens (primary N) is 1. The van der Waals surface area contributed by atoms with Crippen LogP contribution >= 0.6 is 11.6 Å². The predicted octanol–water partition coefficient (Wildman–Crippen LogP) is 3.14. The molecule has 0 bridgehead atoms. The molecule has 0 saturated heterocycles. The first-order valence-electron chi connectivity index (χ1n) is 7.95. The number of nitrogens with zero attached hydrogens (tertiary/aromatic N) is 4. The maximum absolute atomic E-state index is 11.4.